The number of rotatable bonds is 8. The Hall–Kier alpha value is -1.40. The molecule has 1 unspecified atom stereocenters. The minimum Gasteiger partial charge on any atom is -0.349 e. The number of aryl methyl sites for hydroxylation is 1. The van der Waals surface area contributed by atoms with Crippen LogP contribution in [0, 0.1) is 11.8 Å². The van der Waals surface area contributed by atoms with Gasteiger partial charge in [-0.25, -0.2) is 12.7 Å². The lowest BCUT2D eigenvalue weighted by Crippen LogP contribution is -2.44. The summed E-state index contributed by atoms with van der Waals surface area (Å²) in [5.41, 5.74) is 2.47. The van der Waals surface area contributed by atoms with Crippen LogP contribution in [0.15, 0.2) is 24.3 Å². The van der Waals surface area contributed by atoms with E-state index in [4.69, 9.17) is 0 Å². The molecular formula is C21H34N2O3S. The number of piperidine rings is 1. The zero-order chi connectivity index (χ0) is 20.0. The van der Waals surface area contributed by atoms with Crippen molar-refractivity contribution in [1.82, 2.24) is 9.62 Å². The van der Waals surface area contributed by atoms with Crippen LogP contribution in [-0.2, 0) is 21.2 Å². The number of nitrogens with one attached hydrogen (secondary N) is 1. The van der Waals surface area contributed by atoms with E-state index in [-0.39, 0.29) is 23.8 Å². The second-order valence-corrected chi connectivity index (χ2v) is 9.99. The minimum absolute atomic E-state index is 0.0225. The molecule has 0 saturated carbocycles. The highest BCUT2D eigenvalue weighted by Crippen LogP contribution is 2.25. The first-order valence-corrected chi connectivity index (χ1v) is 11.9. The van der Waals surface area contributed by atoms with Gasteiger partial charge in [0.1, 0.15) is 0 Å². The Morgan fingerprint density at radius 3 is 2.26 bits per heavy atom. The Balaban J connectivity index is 1.98. The molecule has 1 amide bonds. The standard InChI is InChI=1S/C21H34N2O3S/c1-5-6-7-17-8-10-18(11-9-17)20(16(2)3)22-21(24)19-12-14-23(15-13-19)27(4,25)26/h8-11,16,19-20H,5-7,12-15H2,1-4H3,(H,22,24). The van der Waals surface area contributed by atoms with Crippen molar-refractivity contribution in [1.29, 1.82) is 0 Å². The third-order valence-electron chi connectivity index (χ3n) is 5.42. The van der Waals surface area contributed by atoms with Gasteiger partial charge in [0.05, 0.1) is 12.3 Å². The predicted octanol–water partition coefficient (Wildman–Crippen LogP) is 3.51. The third kappa shape index (κ3) is 6.32. The van der Waals surface area contributed by atoms with Gasteiger partial charge in [0.2, 0.25) is 15.9 Å². The van der Waals surface area contributed by atoms with Crippen LogP contribution in [0.2, 0.25) is 0 Å². The first-order valence-electron chi connectivity index (χ1n) is 10.1. The number of hydrogen-bond acceptors (Lipinski definition) is 3. The molecule has 1 fully saturated rings. The Morgan fingerprint density at radius 2 is 1.78 bits per heavy atom. The highest BCUT2D eigenvalue weighted by Gasteiger charge is 2.30. The van der Waals surface area contributed by atoms with Crippen molar-refractivity contribution in [2.24, 2.45) is 11.8 Å². The molecule has 2 rings (SSSR count). The van der Waals surface area contributed by atoms with Crippen LogP contribution >= 0.6 is 0 Å². The molecular weight excluding hydrogens is 360 g/mol. The number of carbonyl (C=O) groups excluding carboxylic acids is 1. The summed E-state index contributed by atoms with van der Waals surface area (Å²) >= 11 is 0. The highest BCUT2D eigenvalue weighted by atomic mass is 32.2. The van der Waals surface area contributed by atoms with Gasteiger partial charge in [-0.3, -0.25) is 4.79 Å². The molecule has 1 atom stereocenters. The van der Waals surface area contributed by atoms with Crippen molar-refractivity contribution in [3.8, 4) is 0 Å². The second-order valence-electron chi connectivity index (χ2n) is 8.01. The van der Waals surface area contributed by atoms with E-state index < -0.39 is 10.0 Å². The predicted molar refractivity (Wildman–Crippen MR) is 110 cm³/mol. The molecule has 1 aliphatic rings. The number of carbonyl (C=O) groups is 1. The molecule has 152 valence electrons. The summed E-state index contributed by atoms with van der Waals surface area (Å²) < 4.78 is 24.7. The van der Waals surface area contributed by atoms with Crippen molar-refractivity contribution in [3.63, 3.8) is 0 Å². The molecule has 1 aromatic carbocycles. The van der Waals surface area contributed by atoms with Gasteiger partial charge in [-0.05, 0) is 42.7 Å². The molecule has 0 radical (unpaired) electrons. The Morgan fingerprint density at radius 1 is 1.19 bits per heavy atom. The van der Waals surface area contributed by atoms with Crippen molar-refractivity contribution in [2.75, 3.05) is 19.3 Å². The average Bonchev–Trinajstić information content (AvgIpc) is 2.64. The van der Waals surface area contributed by atoms with E-state index in [1.807, 2.05) is 0 Å². The summed E-state index contributed by atoms with van der Waals surface area (Å²) in [5, 5.41) is 3.21. The monoisotopic (exact) mass is 394 g/mol. The fourth-order valence-corrected chi connectivity index (χ4v) is 4.50. The fourth-order valence-electron chi connectivity index (χ4n) is 3.63. The summed E-state index contributed by atoms with van der Waals surface area (Å²) in [6, 6.07) is 8.56. The SMILES string of the molecule is CCCCc1ccc(C(NC(=O)C2CCN(S(C)(=O)=O)CC2)C(C)C)cc1. The molecule has 1 aromatic rings. The molecule has 1 N–H and O–H groups in total. The summed E-state index contributed by atoms with van der Waals surface area (Å²) in [6.07, 6.45) is 5.86. The van der Waals surface area contributed by atoms with Gasteiger partial charge in [0, 0.05) is 19.0 Å². The topological polar surface area (TPSA) is 66.5 Å². The number of sulfonamides is 1. The van der Waals surface area contributed by atoms with E-state index in [1.165, 1.54) is 29.0 Å². The Labute approximate surface area is 164 Å². The maximum atomic E-state index is 12.8. The molecule has 27 heavy (non-hydrogen) atoms. The van der Waals surface area contributed by atoms with E-state index in [0.29, 0.717) is 25.9 Å². The van der Waals surface area contributed by atoms with Gasteiger partial charge in [-0.15, -0.1) is 0 Å². The largest absolute Gasteiger partial charge is 0.349 e. The van der Waals surface area contributed by atoms with Crippen molar-refractivity contribution < 1.29 is 13.2 Å². The summed E-state index contributed by atoms with van der Waals surface area (Å²) in [5.74, 6) is 0.205. The third-order valence-corrected chi connectivity index (χ3v) is 6.72. The lowest BCUT2D eigenvalue weighted by Gasteiger charge is -2.31. The average molecular weight is 395 g/mol. The van der Waals surface area contributed by atoms with Crippen molar-refractivity contribution in [3.05, 3.63) is 35.4 Å². The number of hydrogen-bond donors (Lipinski definition) is 1. The van der Waals surface area contributed by atoms with E-state index in [9.17, 15) is 13.2 Å². The van der Waals surface area contributed by atoms with Crippen molar-refractivity contribution in [2.45, 2.75) is 58.9 Å². The van der Waals surface area contributed by atoms with E-state index in [1.54, 1.807) is 0 Å². The molecule has 6 heteroatoms. The fraction of sp³-hybridized carbons (Fsp3) is 0.667. The Kier molecular flexibility index (Phi) is 7.86. The van der Waals surface area contributed by atoms with Crippen LogP contribution < -0.4 is 5.32 Å². The van der Waals surface area contributed by atoms with Gasteiger partial charge in [0.15, 0.2) is 0 Å². The van der Waals surface area contributed by atoms with Gasteiger partial charge in [-0.1, -0.05) is 51.5 Å². The minimum atomic E-state index is -3.16. The van der Waals surface area contributed by atoms with Gasteiger partial charge >= 0.3 is 0 Å². The van der Waals surface area contributed by atoms with E-state index >= 15 is 0 Å². The molecule has 1 saturated heterocycles. The molecule has 5 nitrogen and oxygen atoms in total. The lowest BCUT2D eigenvalue weighted by atomic mass is 9.92. The van der Waals surface area contributed by atoms with Crippen LogP contribution in [0.5, 0.6) is 0 Å². The lowest BCUT2D eigenvalue weighted by molar-refractivity contribution is -0.127. The summed E-state index contributed by atoms with van der Waals surface area (Å²) in [6.45, 7) is 7.27. The normalized spacial score (nSPS) is 17.8. The molecule has 0 aliphatic carbocycles. The maximum Gasteiger partial charge on any atom is 0.223 e. The highest BCUT2D eigenvalue weighted by molar-refractivity contribution is 7.88. The van der Waals surface area contributed by atoms with E-state index in [0.717, 1.165) is 12.0 Å². The second kappa shape index (κ2) is 9.69. The van der Waals surface area contributed by atoms with E-state index in [2.05, 4.69) is 50.4 Å². The van der Waals surface area contributed by atoms with Crippen LogP contribution in [0.25, 0.3) is 0 Å². The van der Waals surface area contributed by atoms with Crippen LogP contribution in [0.1, 0.15) is 63.6 Å². The molecule has 0 spiro atoms. The molecule has 0 aromatic heterocycles. The summed E-state index contributed by atoms with van der Waals surface area (Å²) in [7, 11) is -3.16. The maximum absolute atomic E-state index is 12.8. The zero-order valence-electron chi connectivity index (χ0n) is 17.1. The smallest absolute Gasteiger partial charge is 0.223 e. The van der Waals surface area contributed by atoms with Crippen LogP contribution in [0.3, 0.4) is 0 Å². The first-order chi connectivity index (χ1) is 12.7. The van der Waals surface area contributed by atoms with Crippen LogP contribution in [-0.4, -0.2) is 38.0 Å². The first kappa shape index (κ1) is 21.9. The van der Waals surface area contributed by atoms with Gasteiger partial charge in [-0.2, -0.15) is 0 Å². The van der Waals surface area contributed by atoms with Crippen molar-refractivity contribution >= 4 is 15.9 Å². The molecule has 0 bridgehead atoms. The zero-order valence-corrected chi connectivity index (χ0v) is 17.9. The molecule has 1 heterocycles. The number of nitrogens with zero attached hydrogens (tertiary/aromatic N) is 1. The summed E-state index contributed by atoms with van der Waals surface area (Å²) in [4.78, 5) is 12.8. The van der Waals surface area contributed by atoms with Crippen LogP contribution in [0.4, 0.5) is 0 Å². The number of unbranched alkanes of at least 4 members (excludes halogenated alkanes) is 1. The molecule has 1 aliphatic heterocycles. The quantitative estimate of drug-likeness (QED) is 0.734. The van der Waals surface area contributed by atoms with Gasteiger partial charge in [0.25, 0.3) is 0 Å². The van der Waals surface area contributed by atoms with Gasteiger partial charge < -0.3 is 5.32 Å². The number of amides is 1. The number of benzene rings is 1. The Bertz CT molecular complexity index is 705.